The van der Waals surface area contributed by atoms with Crippen LogP contribution >= 0.6 is 0 Å². The van der Waals surface area contributed by atoms with Gasteiger partial charge in [0, 0.05) is 25.8 Å². The Bertz CT molecular complexity index is 1190. The summed E-state index contributed by atoms with van der Waals surface area (Å²) in [6.45, 7) is 4.61. The van der Waals surface area contributed by atoms with Gasteiger partial charge in [-0.25, -0.2) is 13.2 Å². The van der Waals surface area contributed by atoms with Gasteiger partial charge in [0.05, 0.1) is 22.0 Å². The molecule has 7 nitrogen and oxygen atoms in total. The second-order valence-electron chi connectivity index (χ2n) is 7.05. The first-order chi connectivity index (χ1) is 13.7. The third kappa shape index (κ3) is 4.42. The maximum Gasteiger partial charge on any atom is 0.329 e. The monoisotopic (exact) mass is 415 g/mol. The maximum atomic E-state index is 12.6. The number of imidazole rings is 1. The van der Waals surface area contributed by atoms with Crippen LogP contribution in [0.25, 0.3) is 11.0 Å². The molecule has 1 aromatic heterocycles. The average Bonchev–Trinajstić information content (AvgIpc) is 2.96. The van der Waals surface area contributed by atoms with Gasteiger partial charge in [-0.3, -0.25) is 13.9 Å². The molecule has 1 heterocycles. The van der Waals surface area contributed by atoms with Crippen molar-refractivity contribution in [2.45, 2.75) is 44.3 Å². The number of fused-ring (bicyclic) bond motifs is 1. The smallest absolute Gasteiger partial charge is 0.329 e. The van der Waals surface area contributed by atoms with Gasteiger partial charge in [0.15, 0.2) is 9.84 Å². The van der Waals surface area contributed by atoms with E-state index < -0.39 is 9.84 Å². The van der Waals surface area contributed by atoms with E-state index in [1.165, 1.54) is 12.1 Å². The summed E-state index contributed by atoms with van der Waals surface area (Å²) in [7, 11) is -3.25. The zero-order valence-corrected chi connectivity index (χ0v) is 17.6. The van der Waals surface area contributed by atoms with Crippen molar-refractivity contribution in [3.63, 3.8) is 0 Å². The van der Waals surface area contributed by atoms with Crippen molar-refractivity contribution in [2.75, 3.05) is 6.26 Å². The van der Waals surface area contributed by atoms with Crippen molar-refractivity contribution >= 4 is 26.8 Å². The van der Waals surface area contributed by atoms with Crippen LogP contribution in [0.1, 0.15) is 31.9 Å². The van der Waals surface area contributed by atoms with Gasteiger partial charge in [0.1, 0.15) is 0 Å². The minimum atomic E-state index is -3.25. The molecule has 0 aliphatic carbocycles. The van der Waals surface area contributed by atoms with Gasteiger partial charge in [-0.2, -0.15) is 0 Å². The van der Waals surface area contributed by atoms with E-state index in [9.17, 15) is 18.0 Å². The number of rotatable bonds is 7. The van der Waals surface area contributed by atoms with Crippen molar-refractivity contribution in [2.24, 2.45) is 0 Å². The van der Waals surface area contributed by atoms with E-state index in [2.05, 4.69) is 5.32 Å². The Morgan fingerprint density at radius 2 is 1.62 bits per heavy atom. The Balaban J connectivity index is 1.68. The molecule has 0 radical (unpaired) electrons. The van der Waals surface area contributed by atoms with Crippen LogP contribution in [-0.4, -0.2) is 29.7 Å². The average molecular weight is 416 g/mol. The van der Waals surface area contributed by atoms with Gasteiger partial charge in [0.25, 0.3) is 0 Å². The fraction of sp³-hybridized carbons (Fsp3) is 0.333. The van der Waals surface area contributed by atoms with Crippen LogP contribution in [0, 0.1) is 0 Å². The number of hydrogen-bond donors (Lipinski definition) is 1. The third-order valence-corrected chi connectivity index (χ3v) is 6.12. The number of amides is 1. The topological polar surface area (TPSA) is 90.2 Å². The molecular weight excluding hydrogens is 390 g/mol. The first-order valence-corrected chi connectivity index (χ1v) is 11.4. The molecule has 1 N–H and O–H groups in total. The van der Waals surface area contributed by atoms with Crippen LogP contribution in [0.5, 0.6) is 0 Å². The second-order valence-corrected chi connectivity index (χ2v) is 9.06. The number of nitrogens with one attached hydrogen (secondary N) is 1. The standard InChI is InChI=1S/C21H25N3O4S/c1-4-23-18-7-5-6-8-19(18)24(21(23)26)14-13-20(25)22-15(2)16-9-11-17(12-10-16)29(3,27)28/h5-12,15H,4,13-14H2,1-3H3,(H,22,25). The molecule has 0 bridgehead atoms. The lowest BCUT2D eigenvalue weighted by molar-refractivity contribution is -0.121. The van der Waals surface area contributed by atoms with Crippen LogP contribution in [0.4, 0.5) is 0 Å². The summed E-state index contributed by atoms with van der Waals surface area (Å²) in [5.41, 5.74) is 2.37. The molecular formula is C21H25N3O4S. The number of nitrogens with zero attached hydrogens (tertiary/aromatic N) is 2. The molecule has 2 aromatic carbocycles. The number of aryl methyl sites for hydroxylation is 2. The van der Waals surface area contributed by atoms with Gasteiger partial charge < -0.3 is 5.32 Å². The Morgan fingerprint density at radius 3 is 2.17 bits per heavy atom. The van der Waals surface area contributed by atoms with Gasteiger partial charge in [-0.05, 0) is 43.7 Å². The van der Waals surface area contributed by atoms with Crippen LogP contribution in [0.3, 0.4) is 0 Å². The molecule has 0 saturated heterocycles. The van der Waals surface area contributed by atoms with Crippen LogP contribution in [0.2, 0.25) is 0 Å². The first kappa shape index (κ1) is 20.9. The molecule has 0 spiro atoms. The Hall–Kier alpha value is -2.87. The zero-order chi connectivity index (χ0) is 21.2. The summed E-state index contributed by atoms with van der Waals surface area (Å²) >= 11 is 0. The summed E-state index contributed by atoms with van der Waals surface area (Å²) < 4.78 is 26.4. The van der Waals surface area contributed by atoms with Gasteiger partial charge in [-0.1, -0.05) is 24.3 Å². The number of benzene rings is 2. The molecule has 3 aromatic rings. The van der Waals surface area contributed by atoms with E-state index in [-0.39, 0.29) is 35.5 Å². The molecule has 1 amide bonds. The summed E-state index contributed by atoms with van der Waals surface area (Å²) in [5, 5.41) is 2.90. The van der Waals surface area contributed by atoms with Crippen LogP contribution in [0.15, 0.2) is 58.2 Å². The highest BCUT2D eigenvalue weighted by molar-refractivity contribution is 7.90. The largest absolute Gasteiger partial charge is 0.350 e. The van der Waals surface area contributed by atoms with E-state index in [4.69, 9.17) is 0 Å². The number of hydrogen-bond acceptors (Lipinski definition) is 4. The summed E-state index contributed by atoms with van der Waals surface area (Å²) in [5.74, 6) is -0.176. The van der Waals surface area contributed by atoms with E-state index in [0.29, 0.717) is 6.54 Å². The summed E-state index contributed by atoms with van der Waals surface area (Å²) in [6.07, 6.45) is 1.33. The highest BCUT2D eigenvalue weighted by Crippen LogP contribution is 2.17. The van der Waals surface area contributed by atoms with E-state index >= 15 is 0 Å². The van der Waals surface area contributed by atoms with Crippen molar-refractivity contribution in [3.8, 4) is 0 Å². The SMILES string of the molecule is CCn1c(=O)n(CCC(=O)NC(C)c2ccc(S(C)(=O)=O)cc2)c2ccccc21. The molecule has 1 unspecified atom stereocenters. The minimum absolute atomic E-state index is 0.120. The lowest BCUT2D eigenvalue weighted by Crippen LogP contribution is -2.30. The molecule has 0 fully saturated rings. The van der Waals surface area contributed by atoms with E-state index in [1.807, 2.05) is 38.1 Å². The van der Waals surface area contributed by atoms with Gasteiger partial charge in [-0.15, -0.1) is 0 Å². The Labute approximate surface area is 169 Å². The zero-order valence-electron chi connectivity index (χ0n) is 16.8. The molecule has 29 heavy (non-hydrogen) atoms. The van der Waals surface area contributed by atoms with Crippen molar-refractivity contribution in [1.82, 2.24) is 14.5 Å². The summed E-state index contributed by atoms with van der Waals surface area (Å²) in [6, 6.07) is 13.7. The lowest BCUT2D eigenvalue weighted by Gasteiger charge is -2.15. The highest BCUT2D eigenvalue weighted by atomic mass is 32.2. The number of carbonyl (C=O) groups excluding carboxylic acids is 1. The normalized spacial score (nSPS) is 12.8. The maximum absolute atomic E-state index is 12.6. The molecule has 3 rings (SSSR count). The quantitative estimate of drug-likeness (QED) is 0.642. The highest BCUT2D eigenvalue weighted by Gasteiger charge is 2.15. The minimum Gasteiger partial charge on any atom is -0.350 e. The fourth-order valence-electron chi connectivity index (χ4n) is 3.41. The number of carbonyl (C=O) groups is 1. The molecule has 1 atom stereocenters. The summed E-state index contributed by atoms with van der Waals surface area (Å²) in [4.78, 5) is 25.3. The molecule has 0 aliphatic heterocycles. The predicted molar refractivity (Wildman–Crippen MR) is 113 cm³/mol. The van der Waals surface area contributed by atoms with E-state index in [1.54, 1.807) is 21.3 Å². The lowest BCUT2D eigenvalue weighted by atomic mass is 10.1. The van der Waals surface area contributed by atoms with Crippen molar-refractivity contribution in [1.29, 1.82) is 0 Å². The fourth-order valence-corrected chi connectivity index (χ4v) is 4.04. The van der Waals surface area contributed by atoms with Crippen molar-refractivity contribution < 1.29 is 13.2 Å². The van der Waals surface area contributed by atoms with Crippen molar-refractivity contribution in [3.05, 3.63) is 64.6 Å². The molecule has 0 aliphatic rings. The Morgan fingerprint density at radius 1 is 1.03 bits per heavy atom. The number of para-hydroxylation sites is 2. The number of aromatic nitrogens is 2. The number of sulfone groups is 1. The molecule has 154 valence electrons. The Kier molecular flexibility index (Phi) is 5.93. The third-order valence-electron chi connectivity index (χ3n) is 4.99. The van der Waals surface area contributed by atoms with Gasteiger partial charge in [0.2, 0.25) is 5.91 Å². The predicted octanol–water partition coefficient (Wildman–Crippen LogP) is 2.49. The van der Waals surface area contributed by atoms with E-state index in [0.717, 1.165) is 22.9 Å². The van der Waals surface area contributed by atoms with Crippen LogP contribution < -0.4 is 11.0 Å². The first-order valence-electron chi connectivity index (χ1n) is 9.49. The molecule has 0 saturated carbocycles. The molecule has 8 heteroatoms. The van der Waals surface area contributed by atoms with Gasteiger partial charge >= 0.3 is 5.69 Å². The van der Waals surface area contributed by atoms with Crippen LogP contribution in [-0.2, 0) is 27.7 Å². The second kappa shape index (κ2) is 8.24.